The summed E-state index contributed by atoms with van der Waals surface area (Å²) >= 11 is 0. The predicted octanol–water partition coefficient (Wildman–Crippen LogP) is 1.94. The van der Waals surface area contributed by atoms with Crippen LogP contribution in [0.15, 0.2) is 65.4 Å². The van der Waals surface area contributed by atoms with E-state index in [-0.39, 0.29) is 5.91 Å². The van der Waals surface area contributed by atoms with Crippen molar-refractivity contribution < 1.29 is 9.32 Å². The van der Waals surface area contributed by atoms with Gasteiger partial charge < -0.3 is 9.84 Å². The van der Waals surface area contributed by atoms with E-state index in [0.717, 1.165) is 16.7 Å². The van der Waals surface area contributed by atoms with Crippen molar-refractivity contribution in [3.63, 3.8) is 0 Å². The number of hydrogen-bond acceptors (Lipinski definition) is 7. The normalized spacial score (nSPS) is 11.9. The van der Waals surface area contributed by atoms with E-state index in [0.29, 0.717) is 18.3 Å². The molecule has 1 amide bonds. The van der Waals surface area contributed by atoms with E-state index in [4.69, 9.17) is 4.52 Å². The molecule has 0 bridgehead atoms. The molecular formula is C19H17N7O2. The molecule has 4 aromatic rings. The summed E-state index contributed by atoms with van der Waals surface area (Å²) in [5.74, 6) is 0.855. The average molecular weight is 375 g/mol. The van der Waals surface area contributed by atoms with Gasteiger partial charge in [0.2, 0.25) is 17.6 Å². The third kappa shape index (κ3) is 3.78. The second-order valence-electron chi connectivity index (χ2n) is 6.15. The number of nitrogens with one attached hydrogen (secondary N) is 1. The molecule has 4 rings (SSSR count). The Bertz CT molecular complexity index is 1040. The van der Waals surface area contributed by atoms with Gasteiger partial charge in [-0.3, -0.25) is 4.79 Å². The second-order valence-corrected chi connectivity index (χ2v) is 6.15. The third-order valence-electron chi connectivity index (χ3n) is 4.20. The van der Waals surface area contributed by atoms with E-state index in [9.17, 15) is 4.79 Å². The van der Waals surface area contributed by atoms with E-state index in [1.165, 1.54) is 11.0 Å². The van der Waals surface area contributed by atoms with Crippen LogP contribution in [0.5, 0.6) is 0 Å². The number of rotatable bonds is 6. The minimum Gasteiger partial charge on any atom is -0.350 e. The Hall–Kier alpha value is -3.88. The Kier molecular flexibility index (Phi) is 4.87. The number of aryl methyl sites for hydroxylation is 1. The molecule has 0 saturated carbocycles. The van der Waals surface area contributed by atoms with Crippen LogP contribution in [0.2, 0.25) is 0 Å². The number of tetrazole rings is 1. The average Bonchev–Trinajstić information content (AvgIpc) is 3.40. The van der Waals surface area contributed by atoms with Crippen LogP contribution in [0.25, 0.3) is 11.4 Å². The molecule has 1 atom stereocenters. The van der Waals surface area contributed by atoms with Crippen molar-refractivity contribution >= 4 is 5.91 Å². The SMILES string of the molecule is Cc1nc(-c2ccc(CNC(=O)[C@H](c3ccccc3)n3cnnn3)cc2)no1. The minimum absolute atomic E-state index is 0.198. The zero-order valence-electron chi connectivity index (χ0n) is 15.1. The summed E-state index contributed by atoms with van der Waals surface area (Å²) in [5.41, 5.74) is 2.60. The van der Waals surface area contributed by atoms with Gasteiger partial charge in [-0.15, -0.1) is 5.10 Å². The zero-order valence-corrected chi connectivity index (χ0v) is 15.1. The standard InChI is InChI=1S/C19H17N7O2/c1-13-22-18(23-28-13)16-9-7-14(8-10-16)11-20-19(27)17(26-12-21-24-25-26)15-5-3-2-4-6-15/h2-10,12,17H,11H2,1H3,(H,20,27)/t17-/m0/s1. The Morgan fingerprint density at radius 1 is 1.14 bits per heavy atom. The lowest BCUT2D eigenvalue weighted by Gasteiger charge is -2.16. The van der Waals surface area contributed by atoms with E-state index < -0.39 is 6.04 Å². The lowest BCUT2D eigenvalue weighted by molar-refractivity contribution is -0.123. The van der Waals surface area contributed by atoms with Gasteiger partial charge in [-0.25, -0.2) is 4.68 Å². The molecule has 0 aliphatic heterocycles. The van der Waals surface area contributed by atoms with Gasteiger partial charge in [0, 0.05) is 19.0 Å². The van der Waals surface area contributed by atoms with Crippen molar-refractivity contribution in [3.8, 4) is 11.4 Å². The summed E-state index contributed by atoms with van der Waals surface area (Å²) in [7, 11) is 0. The first-order valence-corrected chi connectivity index (χ1v) is 8.65. The fourth-order valence-corrected chi connectivity index (χ4v) is 2.82. The Morgan fingerprint density at radius 2 is 1.93 bits per heavy atom. The van der Waals surface area contributed by atoms with Gasteiger partial charge in [-0.1, -0.05) is 59.8 Å². The van der Waals surface area contributed by atoms with Gasteiger partial charge in [0.1, 0.15) is 6.33 Å². The molecule has 0 fully saturated rings. The summed E-state index contributed by atoms with van der Waals surface area (Å²) in [6, 6.07) is 16.3. The van der Waals surface area contributed by atoms with Crippen molar-refractivity contribution in [3.05, 3.63) is 77.9 Å². The van der Waals surface area contributed by atoms with Crippen molar-refractivity contribution in [2.75, 3.05) is 0 Å². The van der Waals surface area contributed by atoms with Crippen LogP contribution >= 0.6 is 0 Å². The smallest absolute Gasteiger partial charge is 0.249 e. The first kappa shape index (κ1) is 17.5. The predicted molar refractivity (Wildman–Crippen MR) is 98.7 cm³/mol. The molecule has 2 heterocycles. The summed E-state index contributed by atoms with van der Waals surface area (Å²) in [6.07, 6.45) is 1.43. The quantitative estimate of drug-likeness (QED) is 0.548. The molecule has 0 aliphatic carbocycles. The maximum Gasteiger partial charge on any atom is 0.249 e. The van der Waals surface area contributed by atoms with Crippen LogP contribution in [-0.2, 0) is 11.3 Å². The van der Waals surface area contributed by atoms with Gasteiger partial charge in [0.15, 0.2) is 6.04 Å². The van der Waals surface area contributed by atoms with Gasteiger partial charge in [0.05, 0.1) is 0 Å². The molecule has 28 heavy (non-hydrogen) atoms. The molecule has 2 aromatic heterocycles. The Balaban J connectivity index is 1.46. The van der Waals surface area contributed by atoms with Crippen LogP contribution in [-0.4, -0.2) is 36.3 Å². The highest BCUT2D eigenvalue weighted by atomic mass is 16.5. The van der Waals surface area contributed by atoms with Gasteiger partial charge in [0.25, 0.3) is 0 Å². The molecule has 9 heteroatoms. The number of nitrogens with zero attached hydrogens (tertiary/aromatic N) is 6. The maximum atomic E-state index is 12.8. The van der Waals surface area contributed by atoms with Gasteiger partial charge >= 0.3 is 0 Å². The zero-order chi connectivity index (χ0) is 19.3. The number of benzene rings is 2. The summed E-state index contributed by atoms with van der Waals surface area (Å²) in [4.78, 5) is 17.0. The number of hydrogen-bond donors (Lipinski definition) is 1. The number of carbonyl (C=O) groups excluding carboxylic acids is 1. The lowest BCUT2D eigenvalue weighted by atomic mass is 10.1. The van der Waals surface area contributed by atoms with Gasteiger partial charge in [-0.05, 0) is 21.6 Å². The summed E-state index contributed by atoms with van der Waals surface area (Å²) in [5, 5.41) is 18.0. The second kappa shape index (κ2) is 7.78. The molecule has 2 aromatic carbocycles. The largest absolute Gasteiger partial charge is 0.350 e. The number of amides is 1. The van der Waals surface area contributed by atoms with Gasteiger partial charge in [-0.2, -0.15) is 4.98 Å². The third-order valence-corrected chi connectivity index (χ3v) is 4.20. The summed E-state index contributed by atoms with van der Waals surface area (Å²) < 4.78 is 6.43. The van der Waals surface area contributed by atoms with E-state index >= 15 is 0 Å². The fourth-order valence-electron chi connectivity index (χ4n) is 2.82. The first-order chi connectivity index (χ1) is 13.7. The number of carbonyl (C=O) groups is 1. The summed E-state index contributed by atoms with van der Waals surface area (Å²) in [6.45, 7) is 2.12. The molecule has 9 nitrogen and oxygen atoms in total. The highest BCUT2D eigenvalue weighted by Crippen LogP contribution is 2.18. The molecule has 0 saturated heterocycles. The fraction of sp³-hybridized carbons (Fsp3) is 0.158. The van der Waals surface area contributed by atoms with Crippen molar-refractivity contribution in [2.24, 2.45) is 0 Å². The molecule has 1 N–H and O–H groups in total. The molecule has 0 spiro atoms. The van der Waals surface area contributed by atoms with Crippen LogP contribution in [0.3, 0.4) is 0 Å². The van der Waals surface area contributed by atoms with Crippen LogP contribution < -0.4 is 5.32 Å². The number of aromatic nitrogens is 6. The van der Waals surface area contributed by atoms with Crippen molar-refractivity contribution in [1.29, 1.82) is 0 Å². The topological polar surface area (TPSA) is 112 Å². The Labute approximate surface area is 160 Å². The molecule has 0 unspecified atom stereocenters. The minimum atomic E-state index is -0.641. The van der Waals surface area contributed by atoms with Crippen LogP contribution in [0.4, 0.5) is 0 Å². The first-order valence-electron chi connectivity index (χ1n) is 8.65. The molecule has 140 valence electrons. The highest BCUT2D eigenvalue weighted by Gasteiger charge is 2.23. The Morgan fingerprint density at radius 3 is 2.57 bits per heavy atom. The van der Waals surface area contributed by atoms with E-state index in [2.05, 4.69) is 31.0 Å². The molecule has 0 radical (unpaired) electrons. The molecular weight excluding hydrogens is 358 g/mol. The highest BCUT2D eigenvalue weighted by molar-refractivity contribution is 5.83. The molecule has 0 aliphatic rings. The maximum absolute atomic E-state index is 12.8. The van der Waals surface area contributed by atoms with Crippen LogP contribution in [0.1, 0.15) is 23.1 Å². The van der Waals surface area contributed by atoms with E-state index in [1.807, 2.05) is 54.6 Å². The lowest BCUT2D eigenvalue weighted by Crippen LogP contribution is -2.33. The van der Waals surface area contributed by atoms with Crippen molar-refractivity contribution in [1.82, 2.24) is 35.7 Å². The monoisotopic (exact) mass is 375 g/mol. The van der Waals surface area contributed by atoms with Crippen molar-refractivity contribution in [2.45, 2.75) is 19.5 Å². The van der Waals surface area contributed by atoms with Crippen LogP contribution in [0, 0.1) is 6.92 Å². The van der Waals surface area contributed by atoms with E-state index in [1.54, 1.807) is 6.92 Å².